The summed E-state index contributed by atoms with van der Waals surface area (Å²) in [5, 5.41) is 4.33. The summed E-state index contributed by atoms with van der Waals surface area (Å²) in [4.78, 5) is 18.4. The minimum Gasteiger partial charge on any atom is -0.496 e. The highest BCUT2D eigenvalue weighted by atomic mass is 16.5. The van der Waals surface area contributed by atoms with Gasteiger partial charge in [-0.2, -0.15) is 5.10 Å². The molecule has 3 aromatic rings. The van der Waals surface area contributed by atoms with E-state index in [0.29, 0.717) is 13.1 Å². The second kappa shape index (κ2) is 6.80. The van der Waals surface area contributed by atoms with Gasteiger partial charge in [-0.25, -0.2) is 14.5 Å². The molecule has 0 atom stereocenters. The van der Waals surface area contributed by atoms with Crippen LogP contribution >= 0.6 is 0 Å². The Morgan fingerprint density at radius 2 is 2.12 bits per heavy atom. The predicted octanol–water partition coefficient (Wildman–Crippen LogP) is 0.851. The Morgan fingerprint density at radius 3 is 2.88 bits per heavy atom. The zero-order valence-corrected chi connectivity index (χ0v) is 15.0. The first-order valence-electron chi connectivity index (χ1n) is 8.60. The van der Waals surface area contributed by atoms with E-state index in [9.17, 15) is 4.79 Å². The number of rotatable bonds is 5. The third kappa shape index (κ3) is 3.15. The normalized spacial score (nSPS) is 14.4. The molecule has 26 heavy (non-hydrogen) atoms. The number of benzene rings is 1. The first-order chi connectivity index (χ1) is 12.6. The van der Waals surface area contributed by atoms with Gasteiger partial charge in [0.25, 0.3) is 0 Å². The summed E-state index contributed by atoms with van der Waals surface area (Å²) in [6.45, 7) is 3.73. The molecular weight excluding hydrogens is 332 g/mol. The molecule has 8 nitrogen and oxygen atoms in total. The maximum atomic E-state index is 12.0. The predicted molar refractivity (Wildman–Crippen MR) is 95.9 cm³/mol. The number of hydrogen-bond acceptors (Lipinski definition) is 5. The molecule has 0 unspecified atom stereocenters. The summed E-state index contributed by atoms with van der Waals surface area (Å²) >= 11 is 0. The van der Waals surface area contributed by atoms with Crippen molar-refractivity contribution in [2.75, 3.05) is 13.7 Å². The van der Waals surface area contributed by atoms with Crippen LogP contribution < -0.4 is 10.4 Å². The van der Waals surface area contributed by atoms with Crippen molar-refractivity contribution in [3.05, 3.63) is 64.4 Å². The molecule has 1 aliphatic heterocycles. The van der Waals surface area contributed by atoms with Crippen LogP contribution in [0.25, 0.3) is 0 Å². The lowest BCUT2D eigenvalue weighted by Crippen LogP contribution is -2.37. The van der Waals surface area contributed by atoms with Crippen LogP contribution in [0.4, 0.5) is 0 Å². The smallest absolute Gasteiger partial charge is 0.345 e. The minimum absolute atomic E-state index is 0.0354. The highest BCUT2D eigenvalue weighted by Gasteiger charge is 2.21. The van der Waals surface area contributed by atoms with Crippen molar-refractivity contribution in [1.29, 1.82) is 0 Å². The maximum absolute atomic E-state index is 12.0. The van der Waals surface area contributed by atoms with Gasteiger partial charge in [0.15, 0.2) is 0 Å². The zero-order valence-electron chi connectivity index (χ0n) is 15.0. The van der Waals surface area contributed by atoms with Gasteiger partial charge in [-0.05, 0) is 17.7 Å². The fourth-order valence-corrected chi connectivity index (χ4v) is 3.44. The molecule has 0 bridgehead atoms. The molecule has 0 fully saturated rings. The van der Waals surface area contributed by atoms with Crippen molar-refractivity contribution < 1.29 is 4.74 Å². The van der Waals surface area contributed by atoms with Crippen molar-refractivity contribution in [2.45, 2.75) is 26.2 Å². The van der Waals surface area contributed by atoms with Crippen LogP contribution in [0.2, 0.25) is 0 Å². The monoisotopic (exact) mass is 354 g/mol. The van der Waals surface area contributed by atoms with Gasteiger partial charge >= 0.3 is 5.69 Å². The lowest BCUT2D eigenvalue weighted by molar-refractivity contribution is 0.207. The van der Waals surface area contributed by atoms with Gasteiger partial charge in [-0.3, -0.25) is 9.47 Å². The van der Waals surface area contributed by atoms with E-state index < -0.39 is 0 Å². The Kier molecular flexibility index (Phi) is 4.34. The lowest BCUT2D eigenvalue weighted by atomic mass is 10.1. The van der Waals surface area contributed by atoms with Gasteiger partial charge in [-0.15, -0.1) is 0 Å². The SMILES string of the molecule is COc1ccc(CN2CCn3c(nn(C)c3=O)C2)cc1Cn1ccnc1. The zero-order chi connectivity index (χ0) is 18.1. The van der Waals surface area contributed by atoms with Gasteiger partial charge in [0, 0.05) is 44.6 Å². The topological polar surface area (TPSA) is 70.1 Å². The average molecular weight is 354 g/mol. The van der Waals surface area contributed by atoms with Crippen LogP contribution in [0.5, 0.6) is 5.75 Å². The highest BCUT2D eigenvalue weighted by molar-refractivity contribution is 5.37. The summed E-state index contributed by atoms with van der Waals surface area (Å²) in [5.74, 6) is 1.70. The van der Waals surface area contributed by atoms with Crippen molar-refractivity contribution >= 4 is 0 Å². The molecule has 0 aliphatic carbocycles. The van der Waals surface area contributed by atoms with Crippen LogP contribution in [0, 0.1) is 0 Å². The Bertz CT molecular complexity index is 957. The van der Waals surface area contributed by atoms with Crippen LogP contribution in [0.3, 0.4) is 0 Å². The van der Waals surface area contributed by atoms with E-state index in [1.165, 1.54) is 10.2 Å². The van der Waals surface area contributed by atoms with E-state index in [1.54, 1.807) is 31.2 Å². The van der Waals surface area contributed by atoms with Crippen LogP contribution in [-0.2, 0) is 33.2 Å². The first-order valence-corrected chi connectivity index (χ1v) is 8.60. The van der Waals surface area contributed by atoms with Crippen molar-refractivity contribution in [2.24, 2.45) is 7.05 Å². The number of fused-ring (bicyclic) bond motifs is 1. The number of methoxy groups -OCH3 is 1. The fourth-order valence-electron chi connectivity index (χ4n) is 3.44. The standard InChI is InChI=1S/C18H22N6O2/c1-21-18(25)24-8-7-22(12-17(24)20-21)10-14-3-4-16(26-2)15(9-14)11-23-6-5-19-13-23/h3-6,9,13H,7-8,10-12H2,1-2H3. The van der Waals surface area contributed by atoms with Crippen LogP contribution in [0.1, 0.15) is 17.0 Å². The molecule has 0 saturated carbocycles. The van der Waals surface area contributed by atoms with Crippen LogP contribution in [0.15, 0.2) is 41.7 Å². The number of ether oxygens (including phenoxy) is 1. The van der Waals surface area contributed by atoms with Gasteiger partial charge < -0.3 is 9.30 Å². The van der Waals surface area contributed by atoms with E-state index in [2.05, 4.69) is 27.1 Å². The fraction of sp³-hybridized carbons (Fsp3) is 0.389. The van der Waals surface area contributed by atoms with E-state index in [0.717, 1.165) is 36.8 Å². The minimum atomic E-state index is -0.0354. The molecular formula is C18H22N6O2. The molecule has 1 aromatic carbocycles. The molecule has 136 valence electrons. The van der Waals surface area contributed by atoms with Gasteiger partial charge in [-0.1, -0.05) is 6.07 Å². The molecule has 0 amide bonds. The second-order valence-electron chi connectivity index (χ2n) is 6.57. The summed E-state index contributed by atoms with van der Waals surface area (Å²) in [6, 6.07) is 6.29. The van der Waals surface area contributed by atoms with E-state index >= 15 is 0 Å². The second-order valence-corrected chi connectivity index (χ2v) is 6.57. The summed E-state index contributed by atoms with van der Waals surface area (Å²) < 4.78 is 10.7. The molecule has 2 aromatic heterocycles. The van der Waals surface area contributed by atoms with Gasteiger partial charge in [0.2, 0.25) is 0 Å². The molecule has 8 heteroatoms. The number of imidazole rings is 1. The summed E-state index contributed by atoms with van der Waals surface area (Å²) in [7, 11) is 3.39. The number of aromatic nitrogens is 5. The lowest BCUT2D eigenvalue weighted by Gasteiger charge is -2.26. The number of nitrogens with zero attached hydrogens (tertiary/aromatic N) is 6. The average Bonchev–Trinajstić information content (AvgIpc) is 3.24. The maximum Gasteiger partial charge on any atom is 0.345 e. The van der Waals surface area contributed by atoms with Crippen molar-refractivity contribution in [3.63, 3.8) is 0 Å². The highest BCUT2D eigenvalue weighted by Crippen LogP contribution is 2.22. The van der Waals surface area contributed by atoms with Gasteiger partial charge in [0.1, 0.15) is 11.6 Å². The number of hydrogen-bond donors (Lipinski definition) is 0. The Balaban J connectivity index is 1.52. The Labute approximate surface area is 151 Å². The summed E-state index contributed by atoms with van der Waals surface area (Å²) in [5.41, 5.74) is 2.30. The number of aryl methyl sites for hydroxylation is 1. The van der Waals surface area contributed by atoms with Crippen molar-refractivity contribution in [1.82, 2.24) is 28.8 Å². The summed E-state index contributed by atoms with van der Waals surface area (Å²) in [6.07, 6.45) is 5.52. The molecule has 4 rings (SSSR count). The Hall–Kier alpha value is -2.87. The van der Waals surface area contributed by atoms with Crippen molar-refractivity contribution in [3.8, 4) is 5.75 Å². The molecule has 3 heterocycles. The van der Waals surface area contributed by atoms with E-state index in [-0.39, 0.29) is 5.69 Å². The third-order valence-electron chi connectivity index (χ3n) is 4.75. The Morgan fingerprint density at radius 1 is 1.23 bits per heavy atom. The molecule has 1 aliphatic rings. The molecule has 0 saturated heterocycles. The largest absolute Gasteiger partial charge is 0.496 e. The van der Waals surface area contributed by atoms with E-state index in [1.807, 2.05) is 16.8 Å². The molecule has 0 N–H and O–H groups in total. The molecule has 0 radical (unpaired) electrons. The van der Waals surface area contributed by atoms with E-state index in [4.69, 9.17) is 4.74 Å². The van der Waals surface area contributed by atoms with Crippen LogP contribution in [-0.4, -0.2) is 42.5 Å². The third-order valence-corrected chi connectivity index (χ3v) is 4.75. The first kappa shape index (κ1) is 16.6. The molecule has 0 spiro atoms. The van der Waals surface area contributed by atoms with Gasteiger partial charge in [0.05, 0.1) is 26.5 Å². The quantitative estimate of drug-likeness (QED) is 0.679.